The quantitative estimate of drug-likeness (QED) is 0.0814. The van der Waals surface area contributed by atoms with E-state index >= 15 is 0 Å². The van der Waals surface area contributed by atoms with Crippen molar-refractivity contribution in [3.63, 3.8) is 0 Å². The van der Waals surface area contributed by atoms with Crippen molar-refractivity contribution in [3.8, 4) is 0 Å². The molecule has 0 radical (unpaired) electrons. The number of primary amides is 1. The van der Waals surface area contributed by atoms with Crippen LogP contribution in [-0.4, -0.2) is 71.9 Å². The van der Waals surface area contributed by atoms with E-state index in [1.807, 2.05) is 0 Å². The van der Waals surface area contributed by atoms with Crippen LogP contribution in [0.3, 0.4) is 0 Å². The summed E-state index contributed by atoms with van der Waals surface area (Å²) in [6, 6.07) is -3.47. The lowest BCUT2D eigenvalue weighted by molar-refractivity contribution is -0.142. The van der Waals surface area contributed by atoms with E-state index in [-0.39, 0.29) is 18.9 Å². The molecule has 29 heavy (non-hydrogen) atoms. The van der Waals surface area contributed by atoms with Crippen molar-refractivity contribution in [1.82, 2.24) is 16.0 Å². The average Bonchev–Trinajstić information content (AvgIpc) is 2.60. The fourth-order valence-electron chi connectivity index (χ4n) is 2.01. The highest BCUT2D eigenvalue weighted by molar-refractivity contribution is 5.94. The Morgan fingerprint density at radius 2 is 1.62 bits per heavy atom. The topological polar surface area (TPSA) is 258 Å². The lowest BCUT2D eigenvalue weighted by Gasteiger charge is -2.19. The van der Waals surface area contributed by atoms with Gasteiger partial charge in [0.05, 0.1) is 19.0 Å². The highest BCUT2D eigenvalue weighted by Crippen LogP contribution is 1.99. The van der Waals surface area contributed by atoms with Gasteiger partial charge in [-0.1, -0.05) is 0 Å². The van der Waals surface area contributed by atoms with Crippen molar-refractivity contribution in [2.75, 3.05) is 13.1 Å². The van der Waals surface area contributed by atoms with Gasteiger partial charge in [0.1, 0.15) is 12.1 Å². The number of amides is 4. The minimum absolute atomic E-state index is 0.0561. The van der Waals surface area contributed by atoms with Crippen LogP contribution in [0, 0.1) is 0 Å². The number of hydrogen-bond acceptors (Lipinski definition) is 7. The third kappa shape index (κ3) is 11.8. The summed E-state index contributed by atoms with van der Waals surface area (Å²) in [5, 5.41) is 15.8. The fourth-order valence-corrected chi connectivity index (χ4v) is 2.01. The van der Waals surface area contributed by atoms with E-state index in [1.165, 1.54) is 6.92 Å². The summed E-state index contributed by atoms with van der Waals surface area (Å²) in [6.45, 7) is 0.980. The molecule has 0 spiro atoms. The molecule has 0 fully saturated rings. The maximum absolute atomic E-state index is 12.1. The van der Waals surface area contributed by atoms with Gasteiger partial charge in [0.2, 0.25) is 23.6 Å². The summed E-state index contributed by atoms with van der Waals surface area (Å²) in [5.41, 5.74) is 20.7. The molecule has 0 aliphatic heterocycles. The SMILES string of the molecule is CC(N)C(=O)NC(CC(N)=O)C(=O)NCC(=O)NC(CCCN=C(N)N)C(=O)O. The normalized spacial score (nSPS) is 13.3. The Balaban J connectivity index is 4.69. The van der Waals surface area contributed by atoms with Crippen LogP contribution < -0.4 is 38.9 Å². The number of carbonyl (C=O) groups excluding carboxylic acids is 4. The summed E-state index contributed by atoms with van der Waals surface area (Å²) in [5.74, 6) is -4.60. The minimum Gasteiger partial charge on any atom is -0.480 e. The first kappa shape index (κ1) is 25.6. The van der Waals surface area contributed by atoms with E-state index in [4.69, 9.17) is 28.0 Å². The number of aliphatic imine (C=N–C) groups is 1. The molecule has 0 rings (SSSR count). The highest BCUT2D eigenvalue weighted by atomic mass is 16.4. The number of nitrogens with zero attached hydrogens (tertiary/aromatic N) is 1. The van der Waals surface area contributed by atoms with Gasteiger partial charge in [-0.05, 0) is 19.8 Å². The Morgan fingerprint density at radius 3 is 2.10 bits per heavy atom. The molecule has 0 saturated heterocycles. The largest absolute Gasteiger partial charge is 0.480 e. The molecule has 0 aliphatic rings. The fraction of sp³-hybridized carbons (Fsp3) is 0.600. The number of guanidine groups is 1. The van der Waals surface area contributed by atoms with Gasteiger partial charge in [0.25, 0.3) is 0 Å². The number of carboxylic acids is 1. The van der Waals surface area contributed by atoms with Gasteiger partial charge < -0.3 is 44.0 Å². The van der Waals surface area contributed by atoms with Crippen LogP contribution in [0.1, 0.15) is 26.2 Å². The van der Waals surface area contributed by atoms with Crippen molar-refractivity contribution < 1.29 is 29.1 Å². The highest BCUT2D eigenvalue weighted by Gasteiger charge is 2.25. The second-order valence-electron chi connectivity index (χ2n) is 6.15. The van der Waals surface area contributed by atoms with Crippen LogP contribution in [0.25, 0.3) is 0 Å². The van der Waals surface area contributed by atoms with Crippen molar-refractivity contribution in [2.24, 2.45) is 27.9 Å². The van der Waals surface area contributed by atoms with Gasteiger partial charge in [-0.25, -0.2) is 4.79 Å². The molecule has 0 aromatic carbocycles. The summed E-state index contributed by atoms with van der Waals surface area (Å²) < 4.78 is 0. The zero-order valence-electron chi connectivity index (χ0n) is 16.0. The van der Waals surface area contributed by atoms with E-state index in [2.05, 4.69) is 20.9 Å². The minimum atomic E-state index is -1.33. The number of hydrogen-bond donors (Lipinski definition) is 8. The maximum Gasteiger partial charge on any atom is 0.326 e. The molecule has 4 amide bonds. The number of nitrogens with one attached hydrogen (secondary N) is 3. The lowest BCUT2D eigenvalue weighted by atomic mass is 10.1. The molecular formula is C15H28N8O6. The summed E-state index contributed by atoms with van der Waals surface area (Å²) in [6.07, 6.45) is -0.152. The second-order valence-corrected chi connectivity index (χ2v) is 6.15. The predicted molar refractivity (Wildman–Crippen MR) is 102 cm³/mol. The molecule has 14 heteroatoms. The summed E-state index contributed by atoms with van der Waals surface area (Å²) >= 11 is 0. The molecule has 0 aromatic rings. The third-order valence-electron chi connectivity index (χ3n) is 3.45. The molecule has 0 aliphatic carbocycles. The van der Waals surface area contributed by atoms with Gasteiger partial charge in [0, 0.05) is 6.54 Å². The molecule has 3 atom stereocenters. The third-order valence-corrected chi connectivity index (χ3v) is 3.45. The van der Waals surface area contributed by atoms with Gasteiger partial charge in [-0.15, -0.1) is 0 Å². The van der Waals surface area contributed by atoms with Gasteiger partial charge in [-0.3, -0.25) is 24.2 Å². The first-order valence-electron chi connectivity index (χ1n) is 8.63. The van der Waals surface area contributed by atoms with Crippen molar-refractivity contribution >= 4 is 35.6 Å². The molecule has 14 nitrogen and oxygen atoms in total. The number of aliphatic carboxylic acids is 1. The molecular weight excluding hydrogens is 388 g/mol. The molecule has 12 N–H and O–H groups in total. The molecule has 0 heterocycles. The Hall–Kier alpha value is -3.42. The standard InChI is InChI=1S/C15H28N8O6/c1-7(16)12(26)23-9(5-10(17)24)13(27)21-6-11(25)22-8(14(28)29)3-2-4-20-15(18)19/h7-9H,2-6,16H2,1H3,(H2,17,24)(H,21,27)(H,22,25)(H,23,26)(H,28,29)(H4,18,19,20). The van der Waals surface area contributed by atoms with Crippen molar-refractivity contribution in [2.45, 2.75) is 44.3 Å². The van der Waals surface area contributed by atoms with Crippen LogP contribution in [0.5, 0.6) is 0 Å². The second kappa shape index (κ2) is 12.9. The van der Waals surface area contributed by atoms with Gasteiger partial charge in [-0.2, -0.15) is 0 Å². The summed E-state index contributed by atoms with van der Waals surface area (Å²) in [4.78, 5) is 61.7. The van der Waals surface area contributed by atoms with Gasteiger partial charge >= 0.3 is 5.97 Å². The van der Waals surface area contributed by atoms with Crippen LogP contribution in [0.2, 0.25) is 0 Å². The number of carboxylic acid groups (broad SMARTS) is 1. The van der Waals surface area contributed by atoms with E-state index < -0.39 is 60.7 Å². The Bertz CT molecular complexity index is 647. The van der Waals surface area contributed by atoms with Crippen molar-refractivity contribution in [1.29, 1.82) is 0 Å². The molecule has 3 unspecified atom stereocenters. The van der Waals surface area contributed by atoms with Crippen LogP contribution in [0.15, 0.2) is 4.99 Å². The zero-order chi connectivity index (χ0) is 22.6. The van der Waals surface area contributed by atoms with Crippen LogP contribution in [0.4, 0.5) is 0 Å². The van der Waals surface area contributed by atoms with E-state index in [1.54, 1.807) is 0 Å². The average molecular weight is 416 g/mol. The first-order chi connectivity index (χ1) is 13.4. The molecule has 0 aromatic heterocycles. The molecule has 0 bridgehead atoms. The van der Waals surface area contributed by atoms with E-state index in [0.717, 1.165) is 0 Å². The lowest BCUT2D eigenvalue weighted by Crippen LogP contribution is -2.54. The van der Waals surface area contributed by atoms with Crippen LogP contribution in [-0.2, 0) is 24.0 Å². The Kier molecular flexibility index (Phi) is 11.4. The predicted octanol–water partition coefficient (Wildman–Crippen LogP) is -4.57. The first-order valence-corrected chi connectivity index (χ1v) is 8.63. The van der Waals surface area contributed by atoms with E-state index in [0.29, 0.717) is 6.42 Å². The zero-order valence-corrected chi connectivity index (χ0v) is 16.0. The summed E-state index contributed by atoms with van der Waals surface area (Å²) in [7, 11) is 0. The molecule has 164 valence electrons. The number of nitrogens with two attached hydrogens (primary N) is 4. The Morgan fingerprint density at radius 1 is 1.00 bits per heavy atom. The van der Waals surface area contributed by atoms with Crippen molar-refractivity contribution in [3.05, 3.63) is 0 Å². The molecule has 0 saturated carbocycles. The number of carbonyl (C=O) groups is 5. The smallest absolute Gasteiger partial charge is 0.326 e. The monoisotopic (exact) mass is 416 g/mol. The van der Waals surface area contributed by atoms with Gasteiger partial charge in [0.15, 0.2) is 5.96 Å². The van der Waals surface area contributed by atoms with E-state index in [9.17, 15) is 24.0 Å². The maximum atomic E-state index is 12.1. The Labute approximate surface area is 166 Å². The van der Waals surface area contributed by atoms with Crippen LogP contribution >= 0.6 is 0 Å². The number of rotatable bonds is 13.